The number of halogens is 1. The molecule has 110 valence electrons. The van der Waals surface area contributed by atoms with Gasteiger partial charge < -0.3 is 9.14 Å². The molecule has 0 saturated heterocycles. The number of esters is 1. The van der Waals surface area contributed by atoms with Gasteiger partial charge in [-0.25, -0.2) is 9.78 Å². The Morgan fingerprint density at radius 1 is 1.18 bits per heavy atom. The summed E-state index contributed by atoms with van der Waals surface area (Å²) in [6.45, 7) is 0.122. The number of carbonyl (C=O) groups is 1. The Balaban J connectivity index is 1.61. The molecule has 0 atom stereocenters. The van der Waals surface area contributed by atoms with Gasteiger partial charge in [0.2, 0.25) is 0 Å². The van der Waals surface area contributed by atoms with Crippen molar-refractivity contribution in [1.29, 1.82) is 0 Å². The summed E-state index contributed by atoms with van der Waals surface area (Å²) in [7, 11) is 0. The molecule has 0 aliphatic heterocycles. The van der Waals surface area contributed by atoms with E-state index in [2.05, 4.69) is 4.98 Å². The molecule has 0 amide bonds. The summed E-state index contributed by atoms with van der Waals surface area (Å²) in [5.74, 6) is -0.404. The van der Waals surface area contributed by atoms with Gasteiger partial charge >= 0.3 is 5.97 Å². The molecule has 3 aromatic rings. The highest BCUT2D eigenvalue weighted by Gasteiger charge is 2.04. The molecule has 5 heteroatoms. The SMILES string of the molecule is O=C(/C=C/c1ccccc1)OCc1cn2cc(Cl)ccc2n1. The van der Waals surface area contributed by atoms with Crippen LogP contribution in [-0.4, -0.2) is 15.4 Å². The van der Waals surface area contributed by atoms with E-state index in [9.17, 15) is 4.79 Å². The summed E-state index contributed by atoms with van der Waals surface area (Å²) in [5.41, 5.74) is 2.38. The van der Waals surface area contributed by atoms with Crippen molar-refractivity contribution in [2.24, 2.45) is 0 Å². The molecule has 2 aromatic heterocycles. The fraction of sp³-hybridized carbons (Fsp3) is 0.0588. The molecule has 0 spiro atoms. The third kappa shape index (κ3) is 3.54. The van der Waals surface area contributed by atoms with Gasteiger partial charge in [0.15, 0.2) is 0 Å². The van der Waals surface area contributed by atoms with Gasteiger partial charge in [0.05, 0.1) is 10.7 Å². The lowest BCUT2D eigenvalue weighted by Crippen LogP contribution is -2.00. The van der Waals surface area contributed by atoms with Gasteiger partial charge in [0.1, 0.15) is 12.3 Å². The predicted molar refractivity (Wildman–Crippen MR) is 85.5 cm³/mol. The van der Waals surface area contributed by atoms with Crippen molar-refractivity contribution in [3.05, 3.63) is 77.2 Å². The first-order valence-electron chi connectivity index (χ1n) is 6.74. The van der Waals surface area contributed by atoms with Crippen molar-refractivity contribution < 1.29 is 9.53 Å². The number of benzene rings is 1. The maximum atomic E-state index is 11.7. The number of nitrogens with zero attached hydrogens (tertiary/aromatic N) is 2. The number of aromatic nitrogens is 2. The Bertz CT molecular complexity index is 825. The number of rotatable bonds is 4. The lowest BCUT2D eigenvalue weighted by Gasteiger charge is -1.98. The molecule has 0 bridgehead atoms. The number of hydrogen-bond donors (Lipinski definition) is 0. The maximum absolute atomic E-state index is 11.7. The summed E-state index contributed by atoms with van der Waals surface area (Å²) >= 11 is 5.91. The predicted octanol–water partition coefficient (Wildman–Crippen LogP) is 3.74. The average molecular weight is 313 g/mol. The molecule has 3 rings (SSSR count). The number of carbonyl (C=O) groups excluding carboxylic acids is 1. The minimum absolute atomic E-state index is 0.122. The fourth-order valence-corrected chi connectivity index (χ4v) is 2.18. The quantitative estimate of drug-likeness (QED) is 0.544. The first-order chi connectivity index (χ1) is 10.7. The van der Waals surface area contributed by atoms with Gasteiger partial charge in [0, 0.05) is 18.5 Å². The van der Waals surface area contributed by atoms with E-state index in [-0.39, 0.29) is 6.61 Å². The van der Waals surface area contributed by atoms with Crippen molar-refractivity contribution >= 4 is 29.3 Å². The number of hydrogen-bond acceptors (Lipinski definition) is 3. The van der Waals surface area contributed by atoms with E-state index in [1.165, 1.54) is 6.08 Å². The van der Waals surface area contributed by atoms with Gasteiger partial charge in [-0.15, -0.1) is 0 Å². The van der Waals surface area contributed by atoms with E-state index in [1.54, 1.807) is 28.9 Å². The van der Waals surface area contributed by atoms with Crippen LogP contribution in [0.25, 0.3) is 11.7 Å². The molecule has 0 N–H and O–H groups in total. The van der Waals surface area contributed by atoms with Gasteiger partial charge in [-0.1, -0.05) is 41.9 Å². The van der Waals surface area contributed by atoms with E-state index in [1.807, 2.05) is 36.4 Å². The van der Waals surface area contributed by atoms with Gasteiger partial charge in [-0.2, -0.15) is 0 Å². The summed E-state index contributed by atoms with van der Waals surface area (Å²) in [6, 6.07) is 13.1. The smallest absolute Gasteiger partial charge is 0.331 e. The van der Waals surface area contributed by atoms with Crippen LogP contribution in [-0.2, 0) is 16.1 Å². The first kappa shape index (κ1) is 14.4. The second-order valence-corrected chi connectivity index (χ2v) is 5.13. The molecule has 2 heterocycles. The molecule has 0 aliphatic carbocycles. The first-order valence-corrected chi connectivity index (χ1v) is 7.11. The Labute approximate surface area is 132 Å². The van der Waals surface area contributed by atoms with Crippen LogP contribution in [0.5, 0.6) is 0 Å². The largest absolute Gasteiger partial charge is 0.456 e. The van der Waals surface area contributed by atoms with Gasteiger partial charge in [-0.3, -0.25) is 0 Å². The monoisotopic (exact) mass is 312 g/mol. The Morgan fingerprint density at radius 3 is 2.82 bits per heavy atom. The van der Waals surface area contributed by atoms with Crippen LogP contribution < -0.4 is 0 Å². The maximum Gasteiger partial charge on any atom is 0.331 e. The van der Waals surface area contributed by atoms with Gasteiger partial charge in [-0.05, 0) is 23.8 Å². The number of pyridine rings is 1. The van der Waals surface area contributed by atoms with Gasteiger partial charge in [0.25, 0.3) is 0 Å². The zero-order valence-electron chi connectivity index (χ0n) is 11.6. The van der Waals surface area contributed by atoms with E-state index < -0.39 is 5.97 Å². The molecular formula is C17H13ClN2O2. The summed E-state index contributed by atoms with van der Waals surface area (Å²) in [4.78, 5) is 16.0. The third-order valence-corrected chi connectivity index (χ3v) is 3.26. The van der Waals surface area contributed by atoms with Crippen LogP contribution >= 0.6 is 11.6 Å². The van der Waals surface area contributed by atoms with Crippen LogP contribution in [0.2, 0.25) is 5.02 Å². The molecule has 1 aromatic carbocycles. The lowest BCUT2D eigenvalue weighted by molar-refractivity contribution is -0.139. The lowest BCUT2D eigenvalue weighted by atomic mass is 10.2. The molecule has 0 aliphatic rings. The van der Waals surface area contributed by atoms with Crippen molar-refractivity contribution in [3.8, 4) is 0 Å². The molecular weight excluding hydrogens is 300 g/mol. The number of fused-ring (bicyclic) bond motifs is 1. The molecule has 0 radical (unpaired) electrons. The topological polar surface area (TPSA) is 43.6 Å². The van der Waals surface area contributed by atoms with Crippen molar-refractivity contribution in [2.45, 2.75) is 6.61 Å². The Morgan fingerprint density at radius 2 is 2.00 bits per heavy atom. The second kappa shape index (κ2) is 6.45. The van der Waals surface area contributed by atoms with Crippen molar-refractivity contribution in [1.82, 2.24) is 9.38 Å². The highest BCUT2D eigenvalue weighted by atomic mass is 35.5. The highest BCUT2D eigenvalue weighted by molar-refractivity contribution is 6.30. The Kier molecular flexibility index (Phi) is 4.21. The standard InChI is InChI=1S/C17H13ClN2O2/c18-14-7-8-16-19-15(11-20(16)10-14)12-22-17(21)9-6-13-4-2-1-3-5-13/h1-11H,12H2/b9-6+. The minimum Gasteiger partial charge on any atom is -0.456 e. The zero-order valence-corrected chi connectivity index (χ0v) is 12.4. The van der Waals surface area contributed by atoms with Crippen LogP contribution in [0.4, 0.5) is 0 Å². The van der Waals surface area contributed by atoms with Crippen molar-refractivity contribution in [3.63, 3.8) is 0 Å². The number of imidazole rings is 1. The average Bonchev–Trinajstić information content (AvgIpc) is 2.94. The molecule has 4 nitrogen and oxygen atoms in total. The fourth-order valence-electron chi connectivity index (χ4n) is 2.01. The van der Waals surface area contributed by atoms with Crippen LogP contribution in [0.15, 0.2) is 60.9 Å². The second-order valence-electron chi connectivity index (χ2n) is 4.70. The normalized spacial score (nSPS) is 11.1. The van der Waals surface area contributed by atoms with Crippen LogP contribution in [0.1, 0.15) is 11.3 Å². The van der Waals surface area contributed by atoms with E-state index in [0.717, 1.165) is 11.2 Å². The zero-order chi connectivity index (χ0) is 15.4. The summed E-state index contributed by atoms with van der Waals surface area (Å²) < 4.78 is 6.97. The molecule has 0 fully saturated rings. The molecule has 0 saturated carbocycles. The van der Waals surface area contributed by atoms with Crippen molar-refractivity contribution in [2.75, 3.05) is 0 Å². The summed E-state index contributed by atoms with van der Waals surface area (Å²) in [6.07, 6.45) is 6.66. The molecule has 0 unspecified atom stereocenters. The van der Waals surface area contributed by atoms with E-state index in [0.29, 0.717) is 10.7 Å². The third-order valence-electron chi connectivity index (χ3n) is 3.04. The van der Waals surface area contributed by atoms with Crippen LogP contribution in [0, 0.1) is 0 Å². The Hall–Kier alpha value is -2.59. The van der Waals surface area contributed by atoms with E-state index >= 15 is 0 Å². The number of ether oxygens (including phenoxy) is 1. The highest BCUT2D eigenvalue weighted by Crippen LogP contribution is 2.12. The van der Waals surface area contributed by atoms with Crippen LogP contribution in [0.3, 0.4) is 0 Å². The summed E-state index contributed by atoms with van der Waals surface area (Å²) in [5, 5.41) is 0.624. The molecule has 22 heavy (non-hydrogen) atoms. The minimum atomic E-state index is -0.404. The van der Waals surface area contributed by atoms with E-state index in [4.69, 9.17) is 16.3 Å².